The van der Waals surface area contributed by atoms with Crippen LogP contribution in [0.3, 0.4) is 0 Å². The van der Waals surface area contributed by atoms with Crippen molar-refractivity contribution >= 4 is 23.6 Å². The van der Waals surface area contributed by atoms with Gasteiger partial charge in [0.25, 0.3) is 5.91 Å². The van der Waals surface area contributed by atoms with E-state index in [9.17, 15) is 19.5 Å². The van der Waals surface area contributed by atoms with E-state index in [0.29, 0.717) is 19.3 Å². The van der Waals surface area contributed by atoms with Crippen LogP contribution in [0.2, 0.25) is 0 Å². The molecule has 10 heteroatoms. The fourth-order valence-corrected chi connectivity index (χ4v) is 4.59. The van der Waals surface area contributed by atoms with Gasteiger partial charge in [0.2, 0.25) is 5.91 Å². The lowest BCUT2D eigenvalue weighted by Gasteiger charge is -2.27. The minimum Gasteiger partial charge on any atom is -0.453 e. The molecule has 0 aromatic heterocycles. The summed E-state index contributed by atoms with van der Waals surface area (Å²) in [6, 6.07) is 8.05. The topological polar surface area (TPSA) is 130 Å². The molecule has 1 saturated heterocycles. The summed E-state index contributed by atoms with van der Waals surface area (Å²) >= 11 is 0. The van der Waals surface area contributed by atoms with Gasteiger partial charge in [0.05, 0.1) is 25.4 Å². The molecule has 1 aromatic carbocycles. The molecule has 2 heterocycles. The number of likely N-dealkylation sites (tertiary alicyclic amines) is 1. The van der Waals surface area contributed by atoms with Gasteiger partial charge in [0, 0.05) is 18.9 Å². The van der Waals surface area contributed by atoms with Crippen LogP contribution in [0, 0.1) is 0 Å². The number of aliphatic hydroxyl groups excluding tert-OH is 1. The first-order chi connectivity index (χ1) is 16.4. The third kappa shape index (κ3) is 5.16. The van der Waals surface area contributed by atoms with Crippen LogP contribution >= 0.6 is 0 Å². The molecule has 1 aromatic rings. The quantitative estimate of drug-likeness (QED) is 0.523. The molecule has 4 rings (SSSR count). The van der Waals surface area contributed by atoms with Crippen molar-refractivity contribution in [2.24, 2.45) is 5.16 Å². The molecule has 4 atom stereocenters. The van der Waals surface area contributed by atoms with Gasteiger partial charge in [-0.05, 0) is 24.8 Å². The van der Waals surface area contributed by atoms with Crippen molar-refractivity contribution in [2.45, 2.75) is 75.3 Å². The van der Waals surface area contributed by atoms with Crippen LogP contribution in [0.25, 0.3) is 0 Å². The number of hydrogen-bond donors (Lipinski definition) is 3. The molecule has 1 saturated carbocycles. The molecule has 184 valence electrons. The molecular formula is C24H32N4O6. The van der Waals surface area contributed by atoms with E-state index >= 15 is 0 Å². The second-order valence-electron chi connectivity index (χ2n) is 9.30. The van der Waals surface area contributed by atoms with Crippen LogP contribution < -0.4 is 10.6 Å². The minimum absolute atomic E-state index is 0.1000. The maximum Gasteiger partial charge on any atom is 0.410 e. The van der Waals surface area contributed by atoms with E-state index in [1.165, 1.54) is 12.0 Å². The van der Waals surface area contributed by atoms with Crippen molar-refractivity contribution in [3.05, 3.63) is 35.9 Å². The van der Waals surface area contributed by atoms with Crippen LogP contribution in [0.1, 0.15) is 51.0 Å². The largest absolute Gasteiger partial charge is 0.453 e. The lowest BCUT2D eigenvalue weighted by Crippen LogP contribution is -2.55. The normalized spacial score (nSPS) is 25.3. The van der Waals surface area contributed by atoms with E-state index in [4.69, 9.17) is 9.57 Å². The zero-order valence-corrected chi connectivity index (χ0v) is 19.5. The maximum absolute atomic E-state index is 13.3. The molecule has 3 amide bonds. The number of oxime groups is 1. The lowest BCUT2D eigenvalue weighted by molar-refractivity contribution is -0.133. The van der Waals surface area contributed by atoms with Crippen molar-refractivity contribution in [1.82, 2.24) is 15.5 Å². The van der Waals surface area contributed by atoms with Crippen LogP contribution in [0.4, 0.5) is 4.79 Å². The van der Waals surface area contributed by atoms with Crippen molar-refractivity contribution in [3.8, 4) is 0 Å². The first-order valence-electron chi connectivity index (χ1n) is 11.8. The predicted molar refractivity (Wildman–Crippen MR) is 123 cm³/mol. The van der Waals surface area contributed by atoms with Crippen LogP contribution in [-0.4, -0.2) is 77.1 Å². The number of methoxy groups -OCH3 is 1. The molecule has 3 aliphatic rings. The van der Waals surface area contributed by atoms with E-state index in [0.717, 1.165) is 24.1 Å². The monoisotopic (exact) mass is 472 g/mol. The van der Waals surface area contributed by atoms with Crippen molar-refractivity contribution in [3.63, 3.8) is 0 Å². The molecule has 0 radical (unpaired) electrons. The number of ether oxygens (including phenoxy) is 1. The highest BCUT2D eigenvalue weighted by atomic mass is 16.7. The Morgan fingerprint density at radius 1 is 1.29 bits per heavy atom. The molecule has 10 nitrogen and oxygen atoms in total. The van der Waals surface area contributed by atoms with E-state index < -0.39 is 41.7 Å². The Morgan fingerprint density at radius 2 is 2.03 bits per heavy atom. The van der Waals surface area contributed by atoms with Gasteiger partial charge in [0.15, 0.2) is 11.7 Å². The summed E-state index contributed by atoms with van der Waals surface area (Å²) < 4.78 is 4.92. The Hall–Kier alpha value is -3.14. The number of carbonyl (C=O) groups excluding carboxylic acids is 3. The Balaban J connectivity index is 1.46. The van der Waals surface area contributed by atoms with Crippen LogP contribution in [0.5, 0.6) is 0 Å². The van der Waals surface area contributed by atoms with Gasteiger partial charge in [-0.25, -0.2) is 4.79 Å². The Labute approximate surface area is 198 Å². The van der Waals surface area contributed by atoms with E-state index in [2.05, 4.69) is 15.8 Å². The van der Waals surface area contributed by atoms with Crippen molar-refractivity contribution in [1.29, 1.82) is 0 Å². The fraction of sp³-hybridized carbons (Fsp3) is 0.583. The van der Waals surface area contributed by atoms with Gasteiger partial charge in [-0.1, -0.05) is 48.8 Å². The summed E-state index contributed by atoms with van der Waals surface area (Å²) in [6.45, 7) is 2.05. The van der Waals surface area contributed by atoms with Gasteiger partial charge in [-0.15, -0.1) is 0 Å². The Morgan fingerprint density at radius 3 is 2.68 bits per heavy atom. The number of nitrogens with zero attached hydrogens (tertiary/aromatic N) is 2. The van der Waals surface area contributed by atoms with Gasteiger partial charge >= 0.3 is 6.09 Å². The fourth-order valence-electron chi connectivity index (χ4n) is 4.59. The zero-order chi connectivity index (χ0) is 24.3. The number of carbonyl (C=O) groups is 3. The lowest BCUT2D eigenvalue weighted by atomic mass is 9.91. The summed E-state index contributed by atoms with van der Waals surface area (Å²) in [5.74, 6) is -0.954. The highest BCUT2D eigenvalue weighted by molar-refractivity contribution is 6.02. The number of benzene rings is 1. The molecule has 3 unspecified atom stereocenters. The average molecular weight is 473 g/mol. The number of amides is 3. The summed E-state index contributed by atoms with van der Waals surface area (Å²) in [7, 11) is 1.26. The molecular weight excluding hydrogens is 440 g/mol. The molecule has 3 N–H and O–H groups in total. The summed E-state index contributed by atoms with van der Waals surface area (Å²) in [6.07, 6.45) is 1.51. The first kappa shape index (κ1) is 24.0. The summed E-state index contributed by atoms with van der Waals surface area (Å²) in [5.41, 5.74) is 0.830. The minimum atomic E-state index is -1.37. The van der Waals surface area contributed by atoms with Gasteiger partial charge < -0.3 is 25.3 Å². The number of hydrogen-bond acceptors (Lipinski definition) is 7. The SMILES string of the molecule is CCC[C@H](NC(=O)C1CC2(CC(c3ccccc3)=NO2)CN1C(=O)OC)C(O)C(=O)NC1CC1. The van der Waals surface area contributed by atoms with E-state index in [-0.39, 0.29) is 19.0 Å². The van der Waals surface area contributed by atoms with Crippen LogP contribution in [0.15, 0.2) is 35.5 Å². The highest BCUT2D eigenvalue weighted by Crippen LogP contribution is 2.39. The third-order valence-corrected chi connectivity index (χ3v) is 6.56. The molecule has 1 aliphatic carbocycles. The maximum atomic E-state index is 13.3. The molecule has 34 heavy (non-hydrogen) atoms. The number of nitrogens with one attached hydrogen (secondary N) is 2. The Kier molecular flexibility index (Phi) is 7.06. The smallest absolute Gasteiger partial charge is 0.410 e. The predicted octanol–water partition coefficient (Wildman–Crippen LogP) is 1.31. The highest BCUT2D eigenvalue weighted by Gasteiger charge is 2.54. The van der Waals surface area contributed by atoms with E-state index in [1.807, 2.05) is 37.3 Å². The average Bonchev–Trinajstić information content (AvgIpc) is 3.44. The molecule has 2 aliphatic heterocycles. The van der Waals surface area contributed by atoms with Gasteiger partial charge in [-0.3, -0.25) is 14.5 Å². The Bertz CT molecular complexity index is 950. The van der Waals surface area contributed by atoms with Gasteiger partial charge in [-0.2, -0.15) is 0 Å². The van der Waals surface area contributed by atoms with Crippen molar-refractivity contribution in [2.75, 3.05) is 13.7 Å². The first-order valence-corrected chi connectivity index (χ1v) is 11.8. The summed E-state index contributed by atoms with van der Waals surface area (Å²) in [4.78, 5) is 45.4. The zero-order valence-electron chi connectivity index (χ0n) is 19.5. The van der Waals surface area contributed by atoms with Crippen LogP contribution in [-0.2, 0) is 19.2 Å². The molecule has 1 spiro atoms. The summed E-state index contributed by atoms with van der Waals surface area (Å²) in [5, 5.41) is 20.4. The third-order valence-electron chi connectivity index (χ3n) is 6.56. The molecule has 2 fully saturated rings. The number of aliphatic hydroxyl groups is 1. The standard InChI is InChI=1S/C24H32N4O6/c1-3-7-17(20(29)22(31)25-16-10-11-16)26-21(30)19-13-24(14-28(19)23(32)33-2)12-18(27-34-24)15-8-5-4-6-9-15/h4-6,8-9,16-17,19-20,29H,3,7,10-14H2,1-2H3,(H,25,31)(H,26,30)/t17-,19?,20?,24?/m0/s1. The van der Waals surface area contributed by atoms with Gasteiger partial charge in [0.1, 0.15) is 6.04 Å². The van der Waals surface area contributed by atoms with E-state index in [1.54, 1.807) is 0 Å². The second kappa shape index (κ2) is 10.0. The molecule has 0 bridgehead atoms. The second-order valence-corrected chi connectivity index (χ2v) is 9.30. The number of rotatable bonds is 8. The van der Waals surface area contributed by atoms with Crippen molar-refractivity contribution < 1.29 is 29.1 Å².